The van der Waals surface area contributed by atoms with E-state index in [1.165, 1.54) is 12.3 Å². The van der Waals surface area contributed by atoms with Crippen LogP contribution in [0.4, 0.5) is 5.69 Å². The zero-order valence-corrected chi connectivity index (χ0v) is 10.4. The first-order valence-electron chi connectivity index (χ1n) is 5.84. The molecule has 0 radical (unpaired) electrons. The number of aromatic carboxylic acids is 1. The van der Waals surface area contributed by atoms with Gasteiger partial charge in [0.15, 0.2) is 0 Å². The SMILES string of the molecule is CCCCOCCOc1cc(C(=O)O)c(N)cn1. The summed E-state index contributed by atoms with van der Waals surface area (Å²) in [5.74, 6) is -0.861. The lowest BCUT2D eigenvalue weighted by atomic mass is 10.2. The Hall–Kier alpha value is -1.82. The fourth-order valence-electron chi connectivity index (χ4n) is 1.26. The second-order valence-corrected chi connectivity index (χ2v) is 3.73. The number of pyridine rings is 1. The van der Waals surface area contributed by atoms with Gasteiger partial charge in [0, 0.05) is 12.7 Å². The van der Waals surface area contributed by atoms with Gasteiger partial charge >= 0.3 is 5.97 Å². The molecule has 0 aliphatic rings. The Kier molecular flexibility index (Phi) is 5.93. The Morgan fingerprint density at radius 1 is 1.44 bits per heavy atom. The molecule has 0 aliphatic carbocycles. The topological polar surface area (TPSA) is 94.7 Å². The lowest BCUT2D eigenvalue weighted by Gasteiger charge is -2.07. The molecule has 0 aliphatic heterocycles. The molecule has 0 amide bonds. The van der Waals surface area contributed by atoms with Crippen LogP contribution in [0.5, 0.6) is 5.88 Å². The van der Waals surface area contributed by atoms with Crippen LogP contribution < -0.4 is 10.5 Å². The molecule has 100 valence electrons. The molecule has 0 fully saturated rings. The molecule has 6 heteroatoms. The minimum Gasteiger partial charge on any atom is -0.478 e. The van der Waals surface area contributed by atoms with Crippen LogP contribution in [0.3, 0.4) is 0 Å². The number of nitrogen functional groups attached to an aromatic ring is 1. The van der Waals surface area contributed by atoms with Crippen LogP contribution >= 0.6 is 0 Å². The van der Waals surface area contributed by atoms with Crippen molar-refractivity contribution in [2.24, 2.45) is 0 Å². The number of hydrogen-bond acceptors (Lipinski definition) is 5. The van der Waals surface area contributed by atoms with Gasteiger partial charge in [-0.3, -0.25) is 0 Å². The summed E-state index contributed by atoms with van der Waals surface area (Å²) in [6.45, 7) is 3.58. The maximum atomic E-state index is 10.8. The van der Waals surface area contributed by atoms with E-state index in [2.05, 4.69) is 11.9 Å². The number of ether oxygens (including phenoxy) is 2. The molecule has 1 rings (SSSR count). The Morgan fingerprint density at radius 3 is 2.89 bits per heavy atom. The molecule has 0 saturated carbocycles. The van der Waals surface area contributed by atoms with Crippen molar-refractivity contribution in [3.05, 3.63) is 17.8 Å². The summed E-state index contributed by atoms with van der Waals surface area (Å²) in [4.78, 5) is 14.7. The molecule has 1 aromatic rings. The van der Waals surface area contributed by atoms with Gasteiger partial charge in [0.1, 0.15) is 6.61 Å². The number of aromatic nitrogens is 1. The highest BCUT2D eigenvalue weighted by Gasteiger charge is 2.10. The second kappa shape index (κ2) is 7.50. The van der Waals surface area contributed by atoms with Gasteiger partial charge in [-0.2, -0.15) is 0 Å². The molecule has 1 aromatic heterocycles. The standard InChI is InChI=1S/C12H18N2O4/c1-2-3-4-17-5-6-18-11-7-9(12(15)16)10(13)8-14-11/h7-8H,2-6,13H2,1H3,(H,15,16). The Morgan fingerprint density at radius 2 is 2.22 bits per heavy atom. The third-order valence-corrected chi connectivity index (χ3v) is 2.26. The average Bonchev–Trinajstić information content (AvgIpc) is 2.35. The van der Waals surface area contributed by atoms with Crippen LogP contribution in [0, 0.1) is 0 Å². The molecule has 0 bridgehead atoms. The van der Waals surface area contributed by atoms with E-state index in [0.717, 1.165) is 12.8 Å². The van der Waals surface area contributed by atoms with Crippen LogP contribution in [0.25, 0.3) is 0 Å². The van der Waals surface area contributed by atoms with Crippen LogP contribution in [-0.4, -0.2) is 35.9 Å². The quantitative estimate of drug-likeness (QED) is 0.683. The highest BCUT2D eigenvalue weighted by Crippen LogP contribution is 2.16. The van der Waals surface area contributed by atoms with Gasteiger partial charge in [0.2, 0.25) is 5.88 Å². The highest BCUT2D eigenvalue weighted by atomic mass is 16.5. The number of nitrogens with zero attached hydrogens (tertiary/aromatic N) is 1. The third-order valence-electron chi connectivity index (χ3n) is 2.26. The highest BCUT2D eigenvalue weighted by molar-refractivity contribution is 5.93. The van der Waals surface area contributed by atoms with Crippen LogP contribution in [-0.2, 0) is 4.74 Å². The number of rotatable bonds is 8. The number of nitrogens with two attached hydrogens (primary N) is 1. The van der Waals surface area contributed by atoms with Gasteiger partial charge in [-0.05, 0) is 6.42 Å². The molecular weight excluding hydrogens is 236 g/mol. The average molecular weight is 254 g/mol. The van der Waals surface area contributed by atoms with Crippen molar-refractivity contribution in [2.75, 3.05) is 25.6 Å². The number of hydrogen-bond donors (Lipinski definition) is 2. The van der Waals surface area contributed by atoms with Crippen molar-refractivity contribution >= 4 is 11.7 Å². The largest absolute Gasteiger partial charge is 0.478 e. The van der Waals surface area contributed by atoms with Gasteiger partial charge in [-0.1, -0.05) is 13.3 Å². The summed E-state index contributed by atoms with van der Waals surface area (Å²) in [6.07, 6.45) is 3.38. The van der Waals surface area contributed by atoms with E-state index in [9.17, 15) is 4.79 Å². The summed E-state index contributed by atoms with van der Waals surface area (Å²) in [6, 6.07) is 1.31. The van der Waals surface area contributed by atoms with E-state index < -0.39 is 5.97 Å². The Balaban J connectivity index is 2.38. The van der Waals surface area contributed by atoms with E-state index in [1.54, 1.807) is 0 Å². The third kappa shape index (κ3) is 4.58. The predicted octanol–water partition coefficient (Wildman–Crippen LogP) is 1.56. The molecule has 1 heterocycles. The number of carboxylic acids is 1. The first-order valence-corrected chi connectivity index (χ1v) is 5.84. The molecule has 0 spiro atoms. The monoisotopic (exact) mass is 254 g/mol. The normalized spacial score (nSPS) is 10.3. The molecule has 18 heavy (non-hydrogen) atoms. The zero-order chi connectivity index (χ0) is 13.4. The van der Waals surface area contributed by atoms with Crippen LogP contribution in [0.1, 0.15) is 30.1 Å². The smallest absolute Gasteiger partial charge is 0.338 e. The maximum Gasteiger partial charge on any atom is 0.338 e. The van der Waals surface area contributed by atoms with Gasteiger partial charge in [-0.15, -0.1) is 0 Å². The summed E-state index contributed by atoms with van der Waals surface area (Å²) in [5, 5.41) is 8.87. The Labute approximate surface area is 106 Å². The number of carbonyl (C=O) groups is 1. The summed E-state index contributed by atoms with van der Waals surface area (Å²) in [7, 11) is 0. The minimum absolute atomic E-state index is 0.00750. The number of anilines is 1. The van der Waals surface area contributed by atoms with E-state index in [4.69, 9.17) is 20.3 Å². The lowest BCUT2D eigenvalue weighted by molar-refractivity contribution is 0.0696. The summed E-state index contributed by atoms with van der Waals surface area (Å²) >= 11 is 0. The van der Waals surface area contributed by atoms with E-state index in [1.807, 2.05) is 0 Å². The number of carboxylic acid groups (broad SMARTS) is 1. The molecule has 0 unspecified atom stereocenters. The Bertz CT molecular complexity index is 396. The van der Waals surface area contributed by atoms with E-state index in [0.29, 0.717) is 19.8 Å². The second-order valence-electron chi connectivity index (χ2n) is 3.73. The summed E-state index contributed by atoms with van der Waals surface area (Å²) in [5.41, 5.74) is 5.59. The van der Waals surface area contributed by atoms with Gasteiger partial charge in [-0.25, -0.2) is 9.78 Å². The predicted molar refractivity (Wildman–Crippen MR) is 66.8 cm³/mol. The molecule has 3 N–H and O–H groups in total. The number of unbranched alkanes of at least 4 members (excludes halogenated alkanes) is 1. The minimum atomic E-state index is -1.10. The van der Waals surface area contributed by atoms with Crippen molar-refractivity contribution in [1.82, 2.24) is 4.98 Å². The fraction of sp³-hybridized carbons (Fsp3) is 0.500. The first-order chi connectivity index (χ1) is 8.65. The van der Waals surface area contributed by atoms with Crippen molar-refractivity contribution in [1.29, 1.82) is 0 Å². The van der Waals surface area contributed by atoms with Gasteiger partial charge in [0.25, 0.3) is 0 Å². The molecule has 0 atom stereocenters. The molecule has 0 aromatic carbocycles. The van der Waals surface area contributed by atoms with Crippen molar-refractivity contribution in [3.8, 4) is 5.88 Å². The van der Waals surface area contributed by atoms with Crippen molar-refractivity contribution in [2.45, 2.75) is 19.8 Å². The van der Waals surface area contributed by atoms with Crippen molar-refractivity contribution < 1.29 is 19.4 Å². The maximum absolute atomic E-state index is 10.8. The lowest BCUT2D eigenvalue weighted by Crippen LogP contribution is -2.10. The van der Waals surface area contributed by atoms with Gasteiger partial charge < -0.3 is 20.3 Å². The molecule has 6 nitrogen and oxygen atoms in total. The molecule has 0 saturated heterocycles. The van der Waals surface area contributed by atoms with Crippen molar-refractivity contribution in [3.63, 3.8) is 0 Å². The van der Waals surface area contributed by atoms with Crippen LogP contribution in [0.15, 0.2) is 12.3 Å². The molecular formula is C12H18N2O4. The van der Waals surface area contributed by atoms with E-state index in [-0.39, 0.29) is 17.1 Å². The zero-order valence-electron chi connectivity index (χ0n) is 10.4. The van der Waals surface area contributed by atoms with Crippen LogP contribution in [0.2, 0.25) is 0 Å². The van der Waals surface area contributed by atoms with E-state index >= 15 is 0 Å². The summed E-state index contributed by atoms with van der Waals surface area (Å²) < 4.78 is 10.6. The van der Waals surface area contributed by atoms with Gasteiger partial charge in [0.05, 0.1) is 24.1 Å². The fourth-order valence-corrected chi connectivity index (χ4v) is 1.26. The first kappa shape index (κ1) is 14.2.